The fraction of sp³-hybridized carbons (Fsp3) is 0.448. The van der Waals surface area contributed by atoms with E-state index >= 15 is 0 Å². The zero-order valence-corrected chi connectivity index (χ0v) is 25.9. The SMILES string of the molecule is CC(C)(C)OC(=O)N[C@@H](CCO[Si](C)(C)C(C)(C)C)C(=O)Nc1nc(-c2cccc(-c3ccncc3)c2)cs1. The van der Waals surface area contributed by atoms with E-state index < -0.39 is 26.1 Å². The average molecular weight is 569 g/mol. The number of nitrogens with zero attached hydrogens (tertiary/aromatic N) is 2. The third kappa shape index (κ3) is 8.98. The van der Waals surface area contributed by atoms with E-state index in [2.05, 4.69) is 60.5 Å². The van der Waals surface area contributed by atoms with Crippen LogP contribution in [0.25, 0.3) is 22.4 Å². The van der Waals surface area contributed by atoms with Crippen LogP contribution in [0.4, 0.5) is 9.93 Å². The molecule has 2 aromatic heterocycles. The number of aromatic nitrogens is 2. The van der Waals surface area contributed by atoms with Gasteiger partial charge in [-0.2, -0.15) is 0 Å². The first-order valence-corrected chi connectivity index (χ1v) is 16.8. The number of hydrogen-bond donors (Lipinski definition) is 2. The predicted octanol–water partition coefficient (Wildman–Crippen LogP) is 7.12. The molecule has 1 atom stereocenters. The average Bonchev–Trinajstić information content (AvgIpc) is 3.30. The summed E-state index contributed by atoms with van der Waals surface area (Å²) in [4.78, 5) is 34.5. The van der Waals surface area contributed by atoms with Gasteiger partial charge in [0, 0.05) is 29.9 Å². The zero-order chi connectivity index (χ0) is 28.8. The molecule has 0 aliphatic rings. The number of thiazole rings is 1. The Balaban J connectivity index is 1.72. The molecule has 1 aromatic carbocycles. The highest BCUT2D eigenvalue weighted by molar-refractivity contribution is 7.14. The number of carbonyl (C=O) groups excluding carboxylic acids is 2. The summed E-state index contributed by atoms with van der Waals surface area (Å²) >= 11 is 1.33. The van der Waals surface area contributed by atoms with Crippen LogP contribution < -0.4 is 10.6 Å². The molecule has 210 valence electrons. The van der Waals surface area contributed by atoms with Crippen LogP contribution in [0.1, 0.15) is 48.0 Å². The van der Waals surface area contributed by atoms with Gasteiger partial charge in [0.1, 0.15) is 11.6 Å². The Morgan fingerprint density at radius 3 is 2.31 bits per heavy atom. The van der Waals surface area contributed by atoms with Gasteiger partial charge in [0.15, 0.2) is 13.4 Å². The normalized spacial score (nSPS) is 13.0. The Labute approximate surface area is 236 Å². The summed E-state index contributed by atoms with van der Waals surface area (Å²) in [5, 5.41) is 7.97. The predicted molar refractivity (Wildman–Crippen MR) is 160 cm³/mol. The summed E-state index contributed by atoms with van der Waals surface area (Å²) in [5.74, 6) is -0.369. The number of carbonyl (C=O) groups is 2. The quantitative estimate of drug-likeness (QED) is 0.267. The van der Waals surface area contributed by atoms with Crippen molar-refractivity contribution in [2.45, 2.75) is 77.7 Å². The topological polar surface area (TPSA) is 102 Å². The Kier molecular flexibility index (Phi) is 9.68. The second-order valence-electron chi connectivity index (χ2n) is 11.9. The summed E-state index contributed by atoms with van der Waals surface area (Å²) in [5.41, 5.74) is 3.12. The second-order valence-corrected chi connectivity index (χ2v) is 17.6. The number of nitrogens with one attached hydrogen (secondary N) is 2. The lowest BCUT2D eigenvalue weighted by Gasteiger charge is -2.36. The lowest BCUT2D eigenvalue weighted by atomic mass is 10.0. The summed E-state index contributed by atoms with van der Waals surface area (Å²) in [7, 11) is -2.01. The Morgan fingerprint density at radius 1 is 1.00 bits per heavy atom. The van der Waals surface area contributed by atoms with Gasteiger partial charge >= 0.3 is 6.09 Å². The van der Waals surface area contributed by atoms with Crippen LogP contribution in [0, 0.1) is 0 Å². The van der Waals surface area contributed by atoms with E-state index in [1.807, 2.05) is 35.7 Å². The monoisotopic (exact) mass is 568 g/mol. The van der Waals surface area contributed by atoms with Gasteiger partial charge in [0.25, 0.3) is 0 Å². The fourth-order valence-electron chi connectivity index (χ4n) is 3.43. The van der Waals surface area contributed by atoms with Crippen molar-refractivity contribution in [3.63, 3.8) is 0 Å². The molecule has 0 saturated heterocycles. The molecular formula is C29H40N4O4SSi. The highest BCUT2D eigenvalue weighted by Gasteiger charge is 2.37. The van der Waals surface area contributed by atoms with Crippen molar-refractivity contribution in [3.8, 4) is 22.4 Å². The molecular weight excluding hydrogens is 528 g/mol. The lowest BCUT2D eigenvalue weighted by Crippen LogP contribution is -2.47. The van der Waals surface area contributed by atoms with E-state index in [0.717, 1.165) is 22.4 Å². The molecule has 2 heterocycles. The molecule has 10 heteroatoms. The standard InChI is InChI=1S/C29H40N4O4SSi/c1-28(2,3)37-27(35)32-23(14-17-36-39(7,8)29(4,5)6)25(34)33-26-31-24(19-38-26)22-11-9-10-21(18-22)20-12-15-30-16-13-20/h9-13,15-16,18-19,23H,14,17H2,1-8H3,(H,32,35)(H,31,33,34)/t23-/m0/s1. The van der Waals surface area contributed by atoms with Crippen LogP contribution in [0.2, 0.25) is 18.1 Å². The molecule has 3 aromatic rings. The third-order valence-corrected chi connectivity index (χ3v) is 11.9. The molecule has 2 amide bonds. The molecule has 0 saturated carbocycles. The van der Waals surface area contributed by atoms with E-state index in [0.29, 0.717) is 18.2 Å². The van der Waals surface area contributed by atoms with Crippen molar-refractivity contribution >= 4 is 36.8 Å². The van der Waals surface area contributed by atoms with E-state index in [-0.39, 0.29) is 10.9 Å². The Morgan fingerprint density at radius 2 is 1.67 bits per heavy atom. The maximum absolute atomic E-state index is 13.3. The molecule has 2 N–H and O–H groups in total. The third-order valence-electron chi connectivity index (χ3n) is 6.59. The van der Waals surface area contributed by atoms with Crippen molar-refractivity contribution in [2.75, 3.05) is 11.9 Å². The molecule has 0 radical (unpaired) electrons. The van der Waals surface area contributed by atoms with Gasteiger partial charge in [-0.15, -0.1) is 11.3 Å². The van der Waals surface area contributed by atoms with Gasteiger partial charge in [-0.05, 0) is 74.7 Å². The van der Waals surface area contributed by atoms with Crippen molar-refractivity contribution in [2.24, 2.45) is 0 Å². The van der Waals surface area contributed by atoms with Crippen LogP contribution in [0.15, 0.2) is 54.2 Å². The maximum atomic E-state index is 13.3. The van der Waals surface area contributed by atoms with Gasteiger partial charge in [-0.25, -0.2) is 9.78 Å². The van der Waals surface area contributed by atoms with E-state index in [1.54, 1.807) is 33.2 Å². The number of amides is 2. The number of rotatable bonds is 9. The minimum Gasteiger partial charge on any atom is -0.444 e. The number of pyridine rings is 1. The van der Waals surface area contributed by atoms with Crippen molar-refractivity contribution < 1.29 is 18.8 Å². The van der Waals surface area contributed by atoms with Crippen LogP contribution >= 0.6 is 11.3 Å². The van der Waals surface area contributed by atoms with Crippen molar-refractivity contribution in [1.82, 2.24) is 15.3 Å². The first kappa shape index (κ1) is 30.5. The smallest absolute Gasteiger partial charge is 0.408 e. The molecule has 8 nitrogen and oxygen atoms in total. The Bertz CT molecular complexity index is 1270. The number of hydrogen-bond acceptors (Lipinski definition) is 7. The second kappa shape index (κ2) is 12.4. The number of alkyl carbamates (subject to hydrolysis) is 1. The van der Waals surface area contributed by atoms with E-state index in [1.165, 1.54) is 11.3 Å². The van der Waals surface area contributed by atoms with Crippen LogP contribution in [-0.2, 0) is 14.0 Å². The maximum Gasteiger partial charge on any atom is 0.408 e. The first-order chi connectivity index (χ1) is 18.1. The van der Waals surface area contributed by atoms with Gasteiger partial charge in [0.2, 0.25) is 5.91 Å². The fourth-order valence-corrected chi connectivity index (χ4v) is 5.21. The molecule has 3 rings (SSSR count). The van der Waals surface area contributed by atoms with Crippen LogP contribution in [0.3, 0.4) is 0 Å². The van der Waals surface area contributed by atoms with E-state index in [9.17, 15) is 9.59 Å². The number of anilines is 1. The minimum absolute atomic E-state index is 0.0370. The Hall–Kier alpha value is -3.08. The van der Waals surface area contributed by atoms with Gasteiger partial charge in [0.05, 0.1) is 5.69 Å². The molecule has 0 fully saturated rings. The minimum atomic E-state index is -2.01. The van der Waals surface area contributed by atoms with Crippen LogP contribution in [-0.4, -0.2) is 48.5 Å². The van der Waals surface area contributed by atoms with Crippen LogP contribution in [0.5, 0.6) is 0 Å². The molecule has 0 aliphatic heterocycles. The molecule has 0 bridgehead atoms. The van der Waals surface area contributed by atoms with Gasteiger partial charge < -0.3 is 19.8 Å². The lowest BCUT2D eigenvalue weighted by molar-refractivity contribution is -0.118. The highest BCUT2D eigenvalue weighted by atomic mass is 32.1. The molecule has 0 unspecified atom stereocenters. The summed E-state index contributed by atoms with van der Waals surface area (Å²) in [6.45, 7) is 16.5. The number of benzene rings is 1. The van der Waals surface area contributed by atoms with Gasteiger partial charge in [-0.3, -0.25) is 9.78 Å². The summed E-state index contributed by atoms with van der Waals surface area (Å²) < 4.78 is 11.7. The van der Waals surface area contributed by atoms with E-state index in [4.69, 9.17) is 9.16 Å². The molecule has 0 spiro atoms. The van der Waals surface area contributed by atoms with Crippen molar-refractivity contribution in [3.05, 3.63) is 54.2 Å². The van der Waals surface area contributed by atoms with Crippen molar-refractivity contribution in [1.29, 1.82) is 0 Å². The summed E-state index contributed by atoms with van der Waals surface area (Å²) in [6, 6.07) is 11.1. The first-order valence-electron chi connectivity index (χ1n) is 13.1. The largest absolute Gasteiger partial charge is 0.444 e. The number of ether oxygens (including phenoxy) is 1. The zero-order valence-electron chi connectivity index (χ0n) is 24.1. The highest BCUT2D eigenvalue weighted by Crippen LogP contribution is 2.36. The van der Waals surface area contributed by atoms with Gasteiger partial charge in [-0.1, -0.05) is 39.0 Å². The molecule has 39 heavy (non-hydrogen) atoms. The summed E-state index contributed by atoms with van der Waals surface area (Å²) in [6.07, 6.45) is 3.18. The molecule has 0 aliphatic carbocycles.